The first kappa shape index (κ1) is 16.2. The fraction of sp³-hybridized carbons (Fsp3) is 0.389. The van der Waals surface area contributed by atoms with Crippen molar-refractivity contribution in [1.82, 2.24) is 10.2 Å². The summed E-state index contributed by atoms with van der Waals surface area (Å²) in [6.45, 7) is 4.34. The molecule has 2 aromatic rings. The first-order valence-electron chi connectivity index (χ1n) is 7.97. The number of carbonyl (C=O) groups is 1. The van der Waals surface area contributed by atoms with Crippen LogP contribution in [0.15, 0.2) is 30.3 Å². The zero-order chi connectivity index (χ0) is 17.3. The molecule has 0 radical (unpaired) electrons. The fourth-order valence-electron chi connectivity index (χ4n) is 2.95. The van der Waals surface area contributed by atoms with E-state index in [1.165, 1.54) is 0 Å². The standard InChI is InChI=1S/C18H22N4O2/c1-12-11-14(16(21-20-12)22(3)4)19-17(23)18(2)9-10-24-15-8-6-5-7-13(15)18/h5-8,11H,9-10H2,1-4H3,(H,19,20,23). The van der Waals surface area contributed by atoms with Crippen molar-refractivity contribution in [3.63, 3.8) is 0 Å². The lowest BCUT2D eigenvalue weighted by molar-refractivity contribution is -0.122. The van der Waals surface area contributed by atoms with Gasteiger partial charge in [-0.25, -0.2) is 0 Å². The number of hydrogen-bond acceptors (Lipinski definition) is 5. The minimum atomic E-state index is -0.643. The van der Waals surface area contributed by atoms with E-state index in [4.69, 9.17) is 4.74 Å². The number of hydrogen-bond donors (Lipinski definition) is 1. The molecule has 0 saturated carbocycles. The van der Waals surface area contributed by atoms with Gasteiger partial charge in [-0.2, -0.15) is 5.10 Å². The van der Waals surface area contributed by atoms with E-state index in [9.17, 15) is 4.79 Å². The average molecular weight is 326 g/mol. The van der Waals surface area contributed by atoms with Crippen LogP contribution in [0.5, 0.6) is 5.75 Å². The summed E-state index contributed by atoms with van der Waals surface area (Å²) in [4.78, 5) is 14.9. The SMILES string of the molecule is Cc1cc(NC(=O)C2(C)CCOc3ccccc32)c(N(C)C)nn1. The van der Waals surface area contributed by atoms with E-state index in [1.54, 1.807) is 0 Å². The molecule has 1 amide bonds. The first-order chi connectivity index (χ1) is 11.4. The van der Waals surface area contributed by atoms with Gasteiger partial charge in [0, 0.05) is 19.7 Å². The number of carbonyl (C=O) groups excluding carboxylic acids is 1. The average Bonchev–Trinajstić information content (AvgIpc) is 2.55. The van der Waals surface area contributed by atoms with Gasteiger partial charge in [0.2, 0.25) is 5.91 Å². The summed E-state index contributed by atoms with van der Waals surface area (Å²) < 4.78 is 5.69. The van der Waals surface area contributed by atoms with E-state index < -0.39 is 5.41 Å². The van der Waals surface area contributed by atoms with Crippen LogP contribution in [0.1, 0.15) is 24.6 Å². The minimum absolute atomic E-state index is 0.0613. The summed E-state index contributed by atoms with van der Waals surface area (Å²) in [6.07, 6.45) is 0.630. The Labute approximate surface area is 141 Å². The Morgan fingerprint density at radius 1 is 1.29 bits per heavy atom. The van der Waals surface area contributed by atoms with Gasteiger partial charge in [0.1, 0.15) is 5.75 Å². The van der Waals surface area contributed by atoms with Crippen LogP contribution in [-0.2, 0) is 10.2 Å². The highest BCUT2D eigenvalue weighted by Gasteiger charge is 2.40. The Morgan fingerprint density at radius 2 is 2.04 bits per heavy atom. The second kappa shape index (κ2) is 6.11. The molecule has 1 atom stereocenters. The molecule has 0 aliphatic carbocycles. The predicted molar refractivity (Wildman–Crippen MR) is 93.6 cm³/mol. The van der Waals surface area contributed by atoms with E-state index in [-0.39, 0.29) is 5.91 Å². The summed E-state index contributed by atoms with van der Waals surface area (Å²) in [5, 5.41) is 11.3. The van der Waals surface area contributed by atoms with Crippen molar-refractivity contribution in [1.29, 1.82) is 0 Å². The minimum Gasteiger partial charge on any atom is -0.493 e. The van der Waals surface area contributed by atoms with Crippen LogP contribution in [0, 0.1) is 6.92 Å². The number of fused-ring (bicyclic) bond motifs is 1. The van der Waals surface area contributed by atoms with E-state index in [0.717, 1.165) is 17.0 Å². The molecule has 1 aromatic carbocycles. The lowest BCUT2D eigenvalue weighted by Gasteiger charge is -2.34. The van der Waals surface area contributed by atoms with Crippen molar-refractivity contribution in [3.8, 4) is 5.75 Å². The van der Waals surface area contributed by atoms with Crippen LogP contribution in [0.4, 0.5) is 11.5 Å². The zero-order valence-corrected chi connectivity index (χ0v) is 14.5. The number of ether oxygens (including phenoxy) is 1. The highest BCUT2D eigenvalue weighted by Crippen LogP contribution is 2.39. The molecule has 126 valence electrons. The van der Waals surface area contributed by atoms with Gasteiger partial charge in [0.25, 0.3) is 0 Å². The number of nitrogens with one attached hydrogen (secondary N) is 1. The summed E-state index contributed by atoms with van der Waals surface area (Å²) in [7, 11) is 3.75. The van der Waals surface area contributed by atoms with E-state index in [1.807, 2.05) is 63.2 Å². The van der Waals surface area contributed by atoms with E-state index >= 15 is 0 Å². The van der Waals surface area contributed by atoms with Gasteiger partial charge in [0.15, 0.2) is 5.82 Å². The second-order valence-corrected chi connectivity index (χ2v) is 6.50. The Morgan fingerprint density at radius 3 is 2.79 bits per heavy atom. The molecule has 24 heavy (non-hydrogen) atoms. The quantitative estimate of drug-likeness (QED) is 0.939. The molecule has 3 rings (SSSR count). The topological polar surface area (TPSA) is 67.3 Å². The molecule has 0 bridgehead atoms. The zero-order valence-electron chi connectivity index (χ0n) is 14.5. The maximum atomic E-state index is 13.1. The molecule has 6 heteroatoms. The predicted octanol–water partition coefficient (Wildman–Crippen LogP) is 2.53. The van der Waals surface area contributed by atoms with Gasteiger partial charge in [-0.05, 0) is 32.4 Å². The number of amides is 1. The molecule has 0 fully saturated rings. The number of aryl methyl sites for hydroxylation is 1. The molecule has 1 N–H and O–H groups in total. The van der Waals surface area contributed by atoms with Crippen LogP contribution < -0.4 is 15.0 Å². The normalized spacial score (nSPS) is 19.2. The van der Waals surface area contributed by atoms with Crippen LogP contribution in [0.3, 0.4) is 0 Å². The molecule has 1 aliphatic rings. The van der Waals surface area contributed by atoms with Gasteiger partial charge in [-0.15, -0.1) is 5.10 Å². The largest absolute Gasteiger partial charge is 0.493 e. The number of nitrogens with zero attached hydrogens (tertiary/aromatic N) is 3. The lowest BCUT2D eigenvalue weighted by atomic mass is 9.77. The van der Waals surface area contributed by atoms with Crippen LogP contribution in [-0.4, -0.2) is 36.8 Å². The highest BCUT2D eigenvalue weighted by molar-refractivity contribution is 6.01. The van der Waals surface area contributed by atoms with Crippen LogP contribution in [0.25, 0.3) is 0 Å². The Bertz CT molecular complexity index is 775. The van der Waals surface area contributed by atoms with Crippen molar-refractivity contribution in [2.75, 3.05) is 30.9 Å². The van der Waals surface area contributed by atoms with Crippen molar-refractivity contribution >= 4 is 17.4 Å². The molecule has 2 heterocycles. The molecule has 0 spiro atoms. The van der Waals surface area contributed by atoms with Crippen molar-refractivity contribution in [2.24, 2.45) is 0 Å². The van der Waals surface area contributed by atoms with Gasteiger partial charge < -0.3 is 15.0 Å². The van der Waals surface area contributed by atoms with Gasteiger partial charge in [-0.3, -0.25) is 4.79 Å². The molecule has 1 aromatic heterocycles. The van der Waals surface area contributed by atoms with Crippen molar-refractivity contribution in [2.45, 2.75) is 25.7 Å². The second-order valence-electron chi connectivity index (χ2n) is 6.50. The first-order valence-corrected chi connectivity index (χ1v) is 7.97. The Kier molecular flexibility index (Phi) is 4.13. The lowest BCUT2D eigenvalue weighted by Crippen LogP contribution is -2.41. The third kappa shape index (κ3) is 2.79. The molecular weight excluding hydrogens is 304 g/mol. The number of para-hydroxylation sites is 1. The molecule has 0 saturated heterocycles. The van der Waals surface area contributed by atoms with E-state index in [0.29, 0.717) is 24.5 Å². The molecule has 6 nitrogen and oxygen atoms in total. The monoisotopic (exact) mass is 326 g/mol. The Hall–Kier alpha value is -2.63. The number of rotatable bonds is 3. The maximum Gasteiger partial charge on any atom is 0.235 e. The third-order valence-corrected chi connectivity index (χ3v) is 4.41. The van der Waals surface area contributed by atoms with Crippen LogP contribution >= 0.6 is 0 Å². The summed E-state index contributed by atoms with van der Waals surface area (Å²) in [5.41, 5.74) is 1.70. The van der Waals surface area contributed by atoms with Crippen molar-refractivity contribution in [3.05, 3.63) is 41.6 Å². The maximum absolute atomic E-state index is 13.1. The Balaban J connectivity index is 1.95. The summed E-state index contributed by atoms with van der Waals surface area (Å²) >= 11 is 0. The number of aromatic nitrogens is 2. The van der Waals surface area contributed by atoms with Crippen molar-refractivity contribution < 1.29 is 9.53 Å². The highest BCUT2D eigenvalue weighted by atomic mass is 16.5. The summed E-state index contributed by atoms with van der Waals surface area (Å²) in [5.74, 6) is 1.35. The van der Waals surface area contributed by atoms with Crippen LogP contribution in [0.2, 0.25) is 0 Å². The third-order valence-electron chi connectivity index (χ3n) is 4.41. The number of benzene rings is 1. The van der Waals surface area contributed by atoms with E-state index in [2.05, 4.69) is 15.5 Å². The smallest absolute Gasteiger partial charge is 0.235 e. The molecule has 1 aliphatic heterocycles. The summed E-state index contributed by atoms with van der Waals surface area (Å²) in [6, 6.07) is 9.56. The van der Waals surface area contributed by atoms with Gasteiger partial charge >= 0.3 is 0 Å². The van der Waals surface area contributed by atoms with Gasteiger partial charge in [-0.1, -0.05) is 18.2 Å². The molecule has 1 unspecified atom stereocenters. The number of anilines is 2. The molecular formula is C18H22N4O2. The van der Waals surface area contributed by atoms with Gasteiger partial charge in [0.05, 0.1) is 23.4 Å². The fourth-order valence-corrected chi connectivity index (χ4v) is 2.95.